The molecule has 102 valence electrons. The third-order valence-corrected chi connectivity index (χ3v) is 4.23. The quantitative estimate of drug-likeness (QED) is 0.869. The minimum Gasteiger partial charge on any atom is -0.462 e. The SMILES string of the molecule is CCOC(=O)c1c(CN)n(C)c2cc(Br)c(Cl)cc12. The van der Waals surface area contributed by atoms with E-state index in [2.05, 4.69) is 15.9 Å². The molecular formula is C13H14BrClN2O2. The number of ether oxygens (including phenoxy) is 1. The smallest absolute Gasteiger partial charge is 0.340 e. The molecule has 4 nitrogen and oxygen atoms in total. The molecule has 0 fully saturated rings. The van der Waals surface area contributed by atoms with Crippen molar-refractivity contribution in [2.24, 2.45) is 12.8 Å². The minimum absolute atomic E-state index is 0.258. The topological polar surface area (TPSA) is 57.2 Å². The fourth-order valence-corrected chi connectivity index (χ4v) is 2.65. The molecule has 1 aromatic heterocycles. The third-order valence-electron chi connectivity index (χ3n) is 3.04. The highest BCUT2D eigenvalue weighted by atomic mass is 79.9. The molecule has 0 aliphatic rings. The summed E-state index contributed by atoms with van der Waals surface area (Å²) in [6, 6.07) is 3.63. The van der Waals surface area contributed by atoms with Crippen molar-refractivity contribution in [1.29, 1.82) is 0 Å². The number of aromatic nitrogens is 1. The predicted octanol–water partition coefficient (Wildman–Crippen LogP) is 3.23. The zero-order chi connectivity index (χ0) is 14.2. The summed E-state index contributed by atoms with van der Waals surface area (Å²) in [5.74, 6) is -0.369. The van der Waals surface area contributed by atoms with Gasteiger partial charge in [0.25, 0.3) is 0 Å². The molecule has 0 atom stereocenters. The van der Waals surface area contributed by atoms with Crippen LogP contribution in [0, 0.1) is 0 Å². The van der Waals surface area contributed by atoms with Crippen molar-refractivity contribution < 1.29 is 9.53 Å². The van der Waals surface area contributed by atoms with Crippen LogP contribution in [0.1, 0.15) is 23.0 Å². The van der Waals surface area contributed by atoms with Gasteiger partial charge in [-0.1, -0.05) is 11.6 Å². The predicted molar refractivity (Wildman–Crippen MR) is 79.5 cm³/mol. The maximum Gasteiger partial charge on any atom is 0.340 e. The fraction of sp³-hybridized carbons (Fsp3) is 0.308. The van der Waals surface area contributed by atoms with E-state index in [0.717, 1.165) is 21.1 Å². The Hall–Kier alpha value is -1.04. The van der Waals surface area contributed by atoms with Gasteiger partial charge in [0.05, 0.1) is 22.7 Å². The Labute approximate surface area is 124 Å². The molecule has 1 aromatic carbocycles. The van der Waals surface area contributed by atoms with E-state index in [9.17, 15) is 4.79 Å². The highest BCUT2D eigenvalue weighted by Gasteiger charge is 2.22. The number of hydrogen-bond donors (Lipinski definition) is 1. The van der Waals surface area contributed by atoms with Gasteiger partial charge in [-0.05, 0) is 35.0 Å². The molecule has 0 aliphatic heterocycles. The van der Waals surface area contributed by atoms with Crippen LogP contribution in [0.5, 0.6) is 0 Å². The lowest BCUT2D eigenvalue weighted by Gasteiger charge is -2.04. The molecular weight excluding hydrogens is 332 g/mol. The van der Waals surface area contributed by atoms with Crippen molar-refractivity contribution in [1.82, 2.24) is 4.57 Å². The van der Waals surface area contributed by atoms with Gasteiger partial charge < -0.3 is 15.0 Å². The van der Waals surface area contributed by atoms with Gasteiger partial charge in [-0.3, -0.25) is 0 Å². The van der Waals surface area contributed by atoms with E-state index >= 15 is 0 Å². The highest BCUT2D eigenvalue weighted by Crippen LogP contribution is 2.33. The van der Waals surface area contributed by atoms with E-state index in [4.69, 9.17) is 22.1 Å². The second kappa shape index (κ2) is 5.53. The van der Waals surface area contributed by atoms with E-state index in [1.807, 2.05) is 17.7 Å². The number of rotatable bonds is 3. The van der Waals surface area contributed by atoms with Crippen molar-refractivity contribution >= 4 is 44.4 Å². The molecule has 6 heteroatoms. The normalized spacial score (nSPS) is 11.0. The molecule has 19 heavy (non-hydrogen) atoms. The Morgan fingerprint density at radius 2 is 2.21 bits per heavy atom. The Morgan fingerprint density at radius 1 is 1.53 bits per heavy atom. The molecule has 0 saturated carbocycles. The molecule has 0 bridgehead atoms. The monoisotopic (exact) mass is 344 g/mol. The summed E-state index contributed by atoms with van der Waals surface area (Å²) in [4.78, 5) is 12.1. The lowest BCUT2D eigenvalue weighted by Crippen LogP contribution is -2.12. The average Bonchev–Trinajstić information content (AvgIpc) is 2.63. The number of nitrogens with two attached hydrogens (primary N) is 1. The molecule has 0 unspecified atom stereocenters. The Kier molecular flexibility index (Phi) is 4.18. The van der Waals surface area contributed by atoms with Crippen molar-refractivity contribution in [3.05, 3.63) is 32.9 Å². The van der Waals surface area contributed by atoms with Gasteiger partial charge in [-0.15, -0.1) is 0 Å². The van der Waals surface area contributed by atoms with Crippen LogP contribution < -0.4 is 5.73 Å². The van der Waals surface area contributed by atoms with Gasteiger partial charge >= 0.3 is 5.97 Å². The van der Waals surface area contributed by atoms with E-state index in [1.54, 1.807) is 13.0 Å². The zero-order valence-electron chi connectivity index (χ0n) is 10.7. The molecule has 0 radical (unpaired) electrons. The number of hydrogen-bond acceptors (Lipinski definition) is 3. The summed E-state index contributed by atoms with van der Waals surface area (Å²) in [5, 5.41) is 1.31. The summed E-state index contributed by atoms with van der Waals surface area (Å²) < 4.78 is 7.77. The molecule has 1 heterocycles. The van der Waals surface area contributed by atoms with Crippen molar-refractivity contribution in [2.75, 3.05) is 6.61 Å². The second-order valence-corrected chi connectivity index (χ2v) is 5.35. The highest BCUT2D eigenvalue weighted by molar-refractivity contribution is 9.10. The van der Waals surface area contributed by atoms with Gasteiger partial charge in [0.1, 0.15) is 0 Å². The number of esters is 1. The molecule has 0 saturated heterocycles. The van der Waals surface area contributed by atoms with Crippen LogP contribution in [0.2, 0.25) is 5.02 Å². The largest absolute Gasteiger partial charge is 0.462 e. The minimum atomic E-state index is -0.369. The van der Waals surface area contributed by atoms with Crippen LogP contribution >= 0.6 is 27.5 Å². The summed E-state index contributed by atoms with van der Waals surface area (Å²) in [6.45, 7) is 2.35. The number of carbonyl (C=O) groups excluding carboxylic acids is 1. The van der Waals surface area contributed by atoms with Gasteiger partial charge in [-0.2, -0.15) is 0 Å². The van der Waals surface area contributed by atoms with Crippen molar-refractivity contribution in [3.8, 4) is 0 Å². The first-order valence-corrected chi connectivity index (χ1v) is 7.01. The Balaban J connectivity index is 2.79. The van der Waals surface area contributed by atoms with Crippen LogP contribution in [0.3, 0.4) is 0 Å². The van der Waals surface area contributed by atoms with E-state index in [-0.39, 0.29) is 12.5 Å². The first-order chi connectivity index (χ1) is 9.01. The van der Waals surface area contributed by atoms with Crippen LogP contribution in [0.25, 0.3) is 10.9 Å². The summed E-state index contributed by atoms with van der Waals surface area (Å²) in [6.07, 6.45) is 0. The second-order valence-electron chi connectivity index (χ2n) is 4.09. The summed E-state index contributed by atoms with van der Waals surface area (Å²) in [5.41, 5.74) is 7.88. The molecule has 0 amide bonds. The van der Waals surface area contributed by atoms with Crippen LogP contribution in [-0.4, -0.2) is 17.1 Å². The molecule has 0 spiro atoms. The fourth-order valence-electron chi connectivity index (χ4n) is 2.15. The molecule has 2 N–H and O–H groups in total. The number of fused-ring (bicyclic) bond motifs is 1. The maximum absolute atomic E-state index is 12.1. The summed E-state index contributed by atoms with van der Waals surface area (Å²) in [7, 11) is 1.87. The van der Waals surface area contributed by atoms with E-state index in [1.165, 1.54) is 0 Å². The lowest BCUT2D eigenvalue weighted by molar-refractivity contribution is 0.0527. The van der Waals surface area contributed by atoms with Gasteiger partial charge in [0.15, 0.2) is 0 Å². The molecule has 2 aromatic rings. The van der Waals surface area contributed by atoms with E-state index in [0.29, 0.717) is 17.2 Å². The number of halogens is 2. The molecule has 0 aliphatic carbocycles. The molecule has 2 rings (SSSR count). The average molecular weight is 346 g/mol. The lowest BCUT2D eigenvalue weighted by atomic mass is 10.1. The van der Waals surface area contributed by atoms with Crippen LogP contribution in [0.4, 0.5) is 0 Å². The Bertz CT molecular complexity index is 652. The first-order valence-electron chi connectivity index (χ1n) is 5.84. The maximum atomic E-state index is 12.1. The number of benzene rings is 1. The third kappa shape index (κ3) is 2.38. The Morgan fingerprint density at radius 3 is 2.79 bits per heavy atom. The summed E-state index contributed by atoms with van der Waals surface area (Å²) >= 11 is 9.49. The van der Waals surface area contributed by atoms with E-state index < -0.39 is 0 Å². The number of carbonyl (C=O) groups is 1. The van der Waals surface area contributed by atoms with Crippen LogP contribution in [0.15, 0.2) is 16.6 Å². The van der Waals surface area contributed by atoms with Gasteiger partial charge in [0, 0.05) is 29.1 Å². The first kappa shape index (κ1) is 14.4. The zero-order valence-corrected chi connectivity index (χ0v) is 13.0. The standard InChI is InChI=1S/C13H14BrClN2O2/c1-3-19-13(18)12-7-4-9(15)8(14)5-10(7)17(2)11(12)6-16/h4-5H,3,6,16H2,1-2H3. The number of nitrogens with zero attached hydrogens (tertiary/aromatic N) is 1. The van der Waals surface area contributed by atoms with Crippen molar-refractivity contribution in [2.45, 2.75) is 13.5 Å². The number of aryl methyl sites for hydroxylation is 1. The van der Waals surface area contributed by atoms with Gasteiger partial charge in [-0.25, -0.2) is 4.79 Å². The van der Waals surface area contributed by atoms with Crippen molar-refractivity contribution in [3.63, 3.8) is 0 Å². The van der Waals surface area contributed by atoms with Crippen LogP contribution in [-0.2, 0) is 18.3 Å². The van der Waals surface area contributed by atoms with Gasteiger partial charge in [0.2, 0.25) is 0 Å².